The van der Waals surface area contributed by atoms with Crippen molar-refractivity contribution < 1.29 is 9.90 Å². The van der Waals surface area contributed by atoms with Crippen molar-refractivity contribution in [1.29, 1.82) is 0 Å². The van der Waals surface area contributed by atoms with Crippen LogP contribution in [0.15, 0.2) is 22.9 Å². The maximum atomic E-state index is 10.4. The molecule has 0 aromatic rings. The lowest BCUT2D eigenvalue weighted by Crippen LogP contribution is -2.24. The number of hydrogen-bond donors (Lipinski definition) is 2. The van der Waals surface area contributed by atoms with E-state index in [4.69, 9.17) is 28.3 Å². The van der Waals surface area contributed by atoms with Crippen molar-refractivity contribution in [2.75, 3.05) is 0 Å². The molecule has 0 spiro atoms. The van der Waals surface area contributed by atoms with Gasteiger partial charge in [-0.2, -0.15) is 0 Å². The normalized spacial score (nSPS) is 18.4. The minimum Gasteiger partial charge on any atom is -0.477 e. The van der Waals surface area contributed by atoms with Gasteiger partial charge in [-0.25, -0.2) is 4.79 Å². The van der Waals surface area contributed by atoms with E-state index < -0.39 is 5.97 Å². The number of rotatable bonds is 1. The van der Waals surface area contributed by atoms with Crippen LogP contribution in [0.4, 0.5) is 0 Å². The molecule has 1 radical (unpaired) electrons. The average Bonchev–Trinajstić information content (AvgIpc) is 1.94. The van der Waals surface area contributed by atoms with Gasteiger partial charge in [-0.15, -0.1) is 0 Å². The van der Waals surface area contributed by atoms with Gasteiger partial charge in [-0.1, -0.05) is 23.2 Å². The monoisotopic (exact) mass is 192 g/mol. The van der Waals surface area contributed by atoms with E-state index in [9.17, 15) is 4.79 Å². The number of carboxylic acids is 1. The molecule has 3 nitrogen and oxygen atoms in total. The van der Waals surface area contributed by atoms with Gasteiger partial charge in [0, 0.05) is 0 Å². The largest absolute Gasteiger partial charge is 0.477 e. The van der Waals surface area contributed by atoms with Crippen LogP contribution in [-0.4, -0.2) is 11.1 Å². The molecular formula is C6H4Cl2NO2. The number of nitrogens with one attached hydrogen (secondary N) is 1. The van der Waals surface area contributed by atoms with Crippen LogP contribution in [0.5, 0.6) is 0 Å². The van der Waals surface area contributed by atoms with Gasteiger partial charge in [0.1, 0.15) is 5.70 Å². The zero-order valence-corrected chi connectivity index (χ0v) is 6.78. The van der Waals surface area contributed by atoms with Crippen LogP contribution < -0.4 is 5.32 Å². The first-order valence-electron chi connectivity index (χ1n) is 2.72. The fourth-order valence-corrected chi connectivity index (χ4v) is 0.955. The van der Waals surface area contributed by atoms with E-state index in [1.54, 1.807) is 0 Å². The molecule has 0 amide bonds. The third-order valence-corrected chi connectivity index (χ3v) is 1.61. The number of dihydropyridines is 1. The summed E-state index contributed by atoms with van der Waals surface area (Å²) in [7, 11) is 0. The van der Waals surface area contributed by atoms with Crippen molar-refractivity contribution in [2.45, 2.75) is 0 Å². The molecule has 59 valence electrons. The molecule has 0 aromatic heterocycles. The maximum absolute atomic E-state index is 10.4. The highest BCUT2D eigenvalue weighted by Crippen LogP contribution is 2.20. The van der Waals surface area contributed by atoms with Gasteiger partial charge < -0.3 is 10.4 Å². The molecule has 0 bridgehead atoms. The highest BCUT2D eigenvalue weighted by atomic mass is 35.5. The molecule has 1 aliphatic heterocycles. The number of hydrogen-bond acceptors (Lipinski definition) is 2. The minimum atomic E-state index is -1.13. The fraction of sp³-hybridized carbons (Fsp3) is 0. The highest BCUT2D eigenvalue weighted by Gasteiger charge is 2.18. The van der Waals surface area contributed by atoms with Gasteiger partial charge in [0.2, 0.25) is 0 Å². The van der Waals surface area contributed by atoms with Crippen LogP contribution in [0.2, 0.25) is 0 Å². The Kier molecular flexibility index (Phi) is 2.42. The van der Waals surface area contributed by atoms with E-state index in [2.05, 4.69) is 5.32 Å². The highest BCUT2D eigenvalue weighted by molar-refractivity contribution is 6.34. The van der Waals surface area contributed by atoms with Gasteiger partial charge in [0.05, 0.1) is 5.03 Å². The summed E-state index contributed by atoms with van der Waals surface area (Å²) >= 11 is 11.0. The lowest BCUT2D eigenvalue weighted by Gasteiger charge is -2.13. The van der Waals surface area contributed by atoms with Crippen LogP contribution in [-0.2, 0) is 4.79 Å². The molecule has 0 fully saturated rings. The van der Waals surface area contributed by atoms with Gasteiger partial charge in [0.15, 0.2) is 5.50 Å². The lowest BCUT2D eigenvalue weighted by molar-refractivity contribution is -0.133. The Morgan fingerprint density at radius 1 is 1.45 bits per heavy atom. The fourth-order valence-electron chi connectivity index (χ4n) is 0.606. The van der Waals surface area contributed by atoms with E-state index in [1.807, 2.05) is 0 Å². The molecule has 0 unspecified atom stereocenters. The first-order valence-corrected chi connectivity index (χ1v) is 3.47. The predicted molar refractivity (Wildman–Crippen MR) is 41.9 cm³/mol. The molecule has 0 aliphatic carbocycles. The standard InChI is InChI=1S/C6H4Cl2NO2/c7-3-1-2-4(8)9-5(3)6(10)11/h1-2,9H,(H,10,11). The Morgan fingerprint density at radius 3 is 2.55 bits per heavy atom. The average molecular weight is 193 g/mol. The lowest BCUT2D eigenvalue weighted by atomic mass is 10.3. The Bertz CT molecular complexity index is 247. The van der Waals surface area contributed by atoms with E-state index in [0.29, 0.717) is 0 Å². The first-order chi connectivity index (χ1) is 5.11. The van der Waals surface area contributed by atoms with Crippen LogP contribution in [0.25, 0.3) is 0 Å². The van der Waals surface area contributed by atoms with Crippen molar-refractivity contribution in [3.8, 4) is 0 Å². The molecule has 1 rings (SSSR count). The van der Waals surface area contributed by atoms with Gasteiger partial charge in [-0.3, -0.25) is 0 Å². The molecule has 5 heteroatoms. The third kappa shape index (κ3) is 1.88. The molecule has 0 atom stereocenters. The second-order valence-electron chi connectivity index (χ2n) is 1.83. The van der Waals surface area contributed by atoms with Crippen molar-refractivity contribution in [3.05, 3.63) is 28.4 Å². The topological polar surface area (TPSA) is 49.3 Å². The summed E-state index contributed by atoms with van der Waals surface area (Å²) in [6, 6.07) is 0. The molecule has 2 N–H and O–H groups in total. The molecule has 0 aromatic carbocycles. The summed E-state index contributed by atoms with van der Waals surface area (Å²) in [5, 5.41) is 11.1. The number of halogens is 2. The molecule has 1 aliphatic rings. The number of allylic oxidation sites excluding steroid dienone is 2. The smallest absolute Gasteiger partial charge is 0.353 e. The van der Waals surface area contributed by atoms with Crippen LogP contribution >= 0.6 is 23.2 Å². The van der Waals surface area contributed by atoms with Crippen LogP contribution in [0.3, 0.4) is 0 Å². The summed E-state index contributed by atoms with van der Waals surface area (Å²) in [4.78, 5) is 10.4. The molecule has 1 heterocycles. The second-order valence-corrected chi connectivity index (χ2v) is 2.65. The van der Waals surface area contributed by atoms with Crippen molar-refractivity contribution in [1.82, 2.24) is 5.32 Å². The van der Waals surface area contributed by atoms with Crippen molar-refractivity contribution in [2.24, 2.45) is 0 Å². The van der Waals surface area contributed by atoms with E-state index in [-0.39, 0.29) is 16.2 Å². The molecule has 0 saturated heterocycles. The van der Waals surface area contributed by atoms with Crippen LogP contribution in [0.1, 0.15) is 0 Å². The minimum absolute atomic E-state index is 0.0980. The van der Waals surface area contributed by atoms with Gasteiger partial charge in [0.25, 0.3) is 0 Å². The van der Waals surface area contributed by atoms with Crippen molar-refractivity contribution in [3.63, 3.8) is 0 Å². The Hall–Kier alpha value is -0.670. The third-order valence-electron chi connectivity index (χ3n) is 1.07. The predicted octanol–water partition coefficient (Wildman–Crippen LogP) is 1.41. The summed E-state index contributed by atoms with van der Waals surface area (Å²) in [6.45, 7) is 0. The number of carboxylic acid groups (broad SMARTS) is 1. The van der Waals surface area contributed by atoms with Gasteiger partial charge in [-0.05, 0) is 12.2 Å². The second kappa shape index (κ2) is 3.15. The molecule has 0 saturated carbocycles. The first kappa shape index (κ1) is 8.43. The summed E-state index contributed by atoms with van der Waals surface area (Å²) in [5.74, 6) is -1.13. The summed E-state index contributed by atoms with van der Waals surface area (Å²) < 4.78 is 0. The van der Waals surface area contributed by atoms with E-state index in [0.717, 1.165) is 0 Å². The maximum Gasteiger partial charge on any atom is 0.353 e. The summed E-state index contributed by atoms with van der Waals surface area (Å²) in [6.07, 6.45) is 2.90. The number of carbonyl (C=O) groups is 1. The van der Waals surface area contributed by atoms with Crippen molar-refractivity contribution >= 4 is 29.2 Å². The Morgan fingerprint density at radius 2 is 2.09 bits per heavy atom. The van der Waals surface area contributed by atoms with E-state index >= 15 is 0 Å². The SMILES string of the molecule is O=C(O)C1=C(Cl)C=C[C](Cl)N1. The molecule has 11 heavy (non-hydrogen) atoms. The Labute approximate surface area is 73.3 Å². The van der Waals surface area contributed by atoms with Crippen LogP contribution in [0, 0.1) is 5.50 Å². The van der Waals surface area contributed by atoms with E-state index in [1.165, 1.54) is 12.2 Å². The quantitative estimate of drug-likeness (QED) is 0.619. The molecular weight excluding hydrogens is 189 g/mol. The zero-order chi connectivity index (χ0) is 8.43. The summed E-state index contributed by atoms with van der Waals surface area (Å²) in [5.41, 5.74) is 0.144. The Balaban J connectivity index is 2.90. The van der Waals surface area contributed by atoms with Gasteiger partial charge >= 0.3 is 5.97 Å². The zero-order valence-electron chi connectivity index (χ0n) is 5.27. The number of aliphatic carboxylic acids is 1.